The molecule has 212 valence electrons. The Balaban J connectivity index is 0.00000323. The van der Waals surface area contributed by atoms with Crippen LogP contribution in [0, 0.1) is 5.82 Å². The number of halogens is 2. The Morgan fingerprint density at radius 3 is 2.52 bits per heavy atom. The highest BCUT2D eigenvalue weighted by Crippen LogP contribution is 2.33. The number of benzene rings is 2. The van der Waals surface area contributed by atoms with Gasteiger partial charge in [0, 0.05) is 63.0 Å². The maximum Gasteiger partial charge on any atom is 0.264 e. The number of hydrogen-bond acceptors (Lipinski definition) is 8. The van der Waals surface area contributed by atoms with Crippen LogP contribution in [0.2, 0.25) is 0 Å². The zero-order chi connectivity index (χ0) is 27.1. The first-order valence-corrected chi connectivity index (χ1v) is 13.3. The fraction of sp³-hybridized carbons (Fsp3) is 0.429. The lowest BCUT2D eigenvalue weighted by Gasteiger charge is -2.46. The summed E-state index contributed by atoms with van der Waals surface area (Å²) >= 11 is 0. The molecule has 10 nitrogen and oxygen atoms in total. The SMILES string of the molecule is Cl.O=C1CC[C@H](N2C(=O)c3cccc(NCc4ccc(CN5CC(N6CCOCC6)C5)cc4F)c3C2=O)C(=O)N1. The van der Waals surface area contributed by atoms with Crippen molar-refractivity contribution in [3.8, 4) is 0 Å². The van der Waals surface area contributed by atoms with Crippen LogP contribution in [0.15, 0.2) is 36.4 Å². The summed E-state index contributed by atoms with van der Waals surface area (Å²) in [6.45, 7) is 6.23. The Labute approximate surface area is 237 Å². The molecule has 0 spiro atoms. The van der Waals surface area contributed by atoms with Crippen molar-refractivity contribution < 1.29 is 28.3 Å². The minimum Gasteiger partial charge on any atom is -0.380 e. The fourth-order valence-electron chi connectivity index (χ4n) is 5.79. The second-order valence-corrected chi connectivity index (χ2v) is 10.5. The molecular weight excluding hydrogens is 541 g/mol. The van der Waals surface area contributed by atoms with Crippen LogP contribution in [0.3, 0.4) is 0 Å². The minimum absolute atomic E-state index is 0. The van der Waals surface area contributed by atoms with Gasteiger partial charge in [-0.2, -0.15) is 0 Å². The van der Waals surface area contributed by atoms with Gasteiger partial charge in [0.05, 0.1) is 24.3 Å². The van der Waals surface area contributed by atoms with E-state index in [0.717, 1.165) is 49.9 Å². The number of nitrogens with zero attached hydrogens (tertiary/aromatic N) is 3. The molecule has 0 bridgehead atoms. The Morgan fingerprint density at radius 1 is 1.02 bits per heavy atom. The molecular formula is C28H31ClFN5O5. The van der Waals surface area contributed by atoms with E-state index in [-0.39, 0.29) is 48.7 Å². The molecule has 12 heteroatoms. The van der Waals surface area contributed by atoms with Crippen LogP contribution in [-0.4, -0.2) is 89.8 Å². The van der Waals surface area contributed by atoms with E-state index in [1.807, 2.05) is 6.07 Å². The van der Waals surface area contributed by atoms with Crippen LogP contribution in [0.25, 0.3) is 0 Å². The Morgan fingerprint density at radius 2 is 1.80 bits per heavy atom. The van der Waals surface area contributed by atoms with E-state index in [9.17, 15) is 19.2 Å². The lowest BCUT2D eigenvalue weighted by Crippen LogP contribution is -2.60. The summed E-state index contributed by atoms with van der Waals surface area (Å²) in [6.07, 6.45) is 0.137. The molecule has 0 aromatic heterocycles. The van der Waals surface area contributed by atoms with E-state index in [1.54, 1.807) is 24.3 Å². The number of ether oxygens (including phenoxy) is 1. The standard InChI is InChI=1S/C28H30FN5O5.ClH/c29-21-12-17(14-32-15-19(16-32)33-8-10-39-11-9-33)4-5-18(21)13-30-22-3-1-2-20-25(22)28(38)34(27(20)37)23-6-7-24(35)31-26(23)36;/h1-5,12,19,23,30H,6-11,13-16H2,(H,31,35,36);1H/t23-;/m0./s1. The van der Waals surface area contributed by atoms with Crippen LogP contribution in [-0.2, 0) is 27.4 Å². The molecule has 3 fully saturated rings. The number of morpholine rings is 1. The van der Waals surface area contributed by atoms with Gasteiger partial charge in [0.15, 0.2) is 0 Å². The quantitative estimate of drug-likeness (QED) is 0.484. The van der Waals surface area contributed by atoms with Crippen molar-refractivity contribution in [2.45, 2.75) is 38.0 Å². The van der Waals surface area contributed by atoms with Crippen molar-refractivity contribution in [1.82, 2.24) is 20.0 Å². The van der Waals surface area contributed by atoms with Crippen LogP contribution in [0.4, 0.5) is 10.1 Å². The number of carbonyl (C=O) groups is 4. The van der Waals surface area contributed by atoms with Crippen LogP contribution in [0.5, 0.6) is 0 Å². The zero-order valence-corrected chi connectivity index (χ0v) is 22.7. The molecule has 0 aliphatic carbocycles. The maximum absolute atomic E-state index is 15.0. The topological polar surface area (TPSA) is 111 Å². The third-order valence-electron chi connectivity index (χ3n) is 7.96. The molecule has 4 aliphatic heterocycles. The van der Waals surface area contributed by atoms with Gasteiger partial charge in [0.2, 0.25) is 11.8 Å². The van der Waals surface area contributed by atoms with E-state index in [4.69, 9.17) is 4.74 Å². The highest BCUT2D eigenvalue weighted by molar-refractivity contribution is 6.25. The highest BCUT2D eigenvalue weighted by Gasteiger charge is 2.45. The molecule has 6 rings (SSSR count). The van der Waals surface area contributed by atoms with Gasteiger partial charge in [-0.1, -0.05) is 18.2 Å². The molecule has 4 amide bonds. The number of amides is 4. The lowest BCUT2D eigenvalue weighted by atomic mass is 10.0. The molecule has 4 heterocycles. The van der Waals surface area contributed by atoms with Gasteiger partial charge in [0.1, 0.15) is 11.9 Å². The summed E-state index contributed by atoms with van der Waals surface area (Å²) in [5.41, 5.74) is 2.05. The van der Waals surface area contributed by atoms with E-state index in [1.165, 1.54) is 6.07 Å². The van der Waals surface area contributed by atoms with Gasteiger partial charge < -0.3 is 10.1 Å². The molecule has 4 aliphatic rings. The predicted octanol–water partition coefficient (Wildman–Crippen LogP) is 1.78. The molecule has 2 aromatic carbocycles. The second kappa shape index (κ2) is 11.6. The minimum atomic E-state index is -1.04. The van der Waals surface area contributed by atoms with E-state index >= 15 is 4.39 Å². The van der Waals surface area contributed by atoms with Gasteiger partial charge >= 0.3 is 0 Å². The predicted molar refractivity (Wildman–Crippen MR) is 146 cm³/mol. The molecule has 2 N–H and O–H groups in total. The molecule has 0 unspecified atom stereocenters. The number of rotatable bonds is 7. The third kappa shape index (κ3) is 5.34. The number of fused-ring (bicyclic) bond motifs is 1. The largest absolute Gasteiger partial charge is 0.380 e. The highest BCUT2D eigenvalue weighted by atomic mass is 35.5. The zero-order valence-electron chi connectivity index (χ0n) is 21.9. The molecule has 0 radical (unpaired) electrons. The van der Waals surface area contributed by atoms with Crippen molar-refractivity contribution in [1.29, 1.82) is 0 Å². The smallest absolute Gasteiger partial charge is 0.264 e. The number of nitrogens with one attached hydrogen (secondary N) is 2. The number of piperidine rings is 1. The number of likely N-dealkylation sites (tertiary alicyclic amines) is 1. The molecule has 0 saturated carbocycles. The second-order valence-electron chi connectivity index (χ2n) is 10.5. The maximum atomic E-state index is 15.0. The molecule has 3 saturated heterocycles. The van der Waals surface area contributed by atoms with Gasteiger partial charge in [-0.05, 0) is 30.2 Å². The van der Waals surface area contributed by atoms with Crippen LogP contribution < -0.4 is 10.6 Å². The number of carbonyl (C=O) groups excluding carboxylic acids is 4. The van der Waals surface area contributed by atoms with Crippen molar-refractivity contribution in [2.24, 2.45) is 0 Å². The summed E-state index contributed by atoms with van der Waals surface area (Å²) in [5.74, 6) is -2.61. The fourth-order valence-corrected chi connectivity index (χ4v) is 5.79. The summed E-state index contributed by atoms with van der Waals surface area (Å²) in [7, 11) is 0. The monoisotopic (exact) mass is 571 g/mol. The number of imide groups is 2. The van der Waals surface area contributed by atoms with Crippen molar-refractivity contribution in [3.05, 3.63) is 64.5 Å². The van der Waals surface area contributed by atoms with Crippen LogP contribution in [0.1, 0.15) is 44.7 Å². The van der Waals surface area contributed by atoms with Crippen molar-refractivity contribution in [2.75, 3.05) is 44.7 Å². The Hall–Kier alpha value is -3.38. The first kappa shape index (κ1) is 28.2. The van der Waals surface area contributed by atoms with Gasteiger partial charge in [-0.3, -0.25) is 39.2 Å². The van der Waals surface area contributed by atoms with E-state index in [2.05, 4.69) is 20.4 Å². The third-order valence-corrected chi connectivity index (χ3v) is 7.96. The number of anilines is 1. The van der Waals surface area contributed by atoms with Crippen molar-refractivity contribution >= 4 is 41.7 Å². The van der Waals surface area contributed by atoms with Crippen LogP contribution >= 0.6 is 12.4 Å². The molecule has 1 atom stereocenters. The Bertz CT molecular complexity index is 1340. The summed E-state index contributed by atoms with van der Waals surface area (Å²) in [6, 6.07) is 9.52. The van der Waals surface area contributed by atoms with E-state index in [0.29, 0.717) is 23.8 Å². The average Bonchev–Trinajstić information content (AvgIpc) is 3.16. The summed E-state index contributed by atoms with van der Waals surface area (Å²) < 4.78 is 20.4. The van der Waals surface area contributed by atoms with Gasteiger partial charge in [-0.25, -0.2) is 4.39 Å². The lowest BCUT2D eigenvalue weighted by molar-refractivity contribution is -0.136. The average molecular weight is 572 g/mol. The number of hydrogen-bond donors (Lipinski definition) is 2. The van der Waals surface area contributed by atoms with Gasteiger partial charge in [0.25, 0.3) is 11.8 Å². The van der Waals surface area contributed by atoms with Crippen molar-refractivity contribution in [3.63, 3.8) is 0 Å². The first-order valence-electron chi connectivity index (χ1n) is 13.3. The summed E-state index contributed by atoms with van der Waals surface area (Å²) in [4.78, 5) is 55.8. The summed E-state index contributed by atoms with van der Waals surface area (Å²) in [5, 5.41) is 5.29. The first-order chi connectivity index (χ1) is 18.9. The normalized spacial score (nSPS) is 22.0. The molecule has 2 aromatic rings. The molecule has 40 heavy (non-hydrogen) atoms. The van der Waals surface area contributed by atoms with E-state index < -0.39 is 29.7 Å². The Kier molecular flexibility index (Phi) is 8.18. The van der Waals surface area contributed by atoms with Gasteiger partial charge in [-0.15, -0.1) is 12.4 Å².